The van der Waals surface area contributed by atoms with Crippen molar-refractivity contribution in [2.24, 2.45) is 4.99 Å². The van der Waals surface area contributed by atoms with Crippen molar-refractivity contribution in [3.05, 3.63) is 29.8 Å². The minimum absolute atomic E-state index is 0.198. The Bertz CT molecular complexity index is 640. The molecular weight excluding hydrogens is 358 g/mol. The van der Waals surface area contributed by atoms with Gasteiger partial charge in [0, 0.05) is 39.8 Å². The van der Waals surface area contributed by atoms with Crippen molar-refractivity contribution in [3.8, 4) is 5.75 Å². The summed E-state index contributed by atoms with van der Waals surface area (Å²) >= 11 is 0. The zero-order chi connectivity index (χ0) is 20.5. The average Bonchev–Trinajstić information content (AvgIpc) is 2.71. The summed E-state index contributed by atoms with van der Waals surface area (Å²) in [6, 6.07) is 8.34. The van der Waals surface area contributed by atoms with Crippen LogP contribution < -0.4 is 10.1 Å². The molecule has 1 aromatic rings. The summed E-state index contributed by atoms with van der Waals surface area (Å²) in [4.78, 5) is 22.4. The SMILES string of the molecule is CCOC(=O)N1CCN(C(=NC)NCC(c2ccc(OC)cc2)N(C)C)CC1. The predicted octanol–water partition coefficient (Wildman–Crippen LogP) is 1.65. The second-order valence-electron chi connectivity index (χ2n) is 6.85. The van der Waals surface area contributed by atoms with E-state index in [1.165, 1.54) is 5.56 Å². The van der Waals surface area contributed by atoms with E-state index in [1.54, 1.807) is 19.1 Å². The van der Waals surface area contributed by atoms with Crippen LogP contribution >= 0.6 is 0 Å². The average molecular weight is 392 g/mol. The van der Waals surface area contributed by atoms with Crippen molar-refractivity contribution in [2.45, 2.75) is 13.0 Å². The third kappa shape index (κ3) is 5.76. The standard InChI is InChI=1S/C20H33N5O3/c1-6-28-20(26)25-13-11-24(12-14-25)19(21-2)22-15-18(23(3)4)16-7-9-17(27-5)10-8-16/h7-10,18H,6,11-15H2,1-5H3,(H,21,22). The third-order valence-corrected chi connectivity index (χ3v) is 4.89. The van der Waals surface area contributed by atoms with E-state index >= 15 is 0 Å². The number of amides is 1. The molecule has 8 nitrogen and oxygen atoms in total. The Morgan fingerprint density at radius 3 is 2.29 bits per heavy atom. The van der Waals surface area contributed by atoms with Gasteiger partial charge in [0.05, 0.1) is 19.8 Å². The van der Waals surface area contributed by atoms with Crippen LogP contribution in [0.2, 0.25) is 0 Å². The zero-order valence-corrected chi connectivity index (χ0v) is 17.6. The van der Waals surface area contributed by atoms with E-state index in [1.807, 2.05) is 19.1 Å². The van der Waals surface area contributed by atoms with E-state index in [4.69, 9.17) is 9.47 Å². The lowest BCUT2D eigenvalue weighted by atomic mass is 10.1. The highest BCUT2D eigenvalue weighted by atomic mass is 16.6. The lowest BCUT2D eigenvalue weighted by molar-refractivity contribution is 0.0914. The van der Waals surface area contributed by atoms with Crippen molar-refractivity contribution in [1.82, 2.24) is 20.0 Å². The van der Waals surface area contributed by atoms with Crippen LogP contribution in [0.25, 0.3) is 0 Å². The molecule has 1 N–H and O–H groups in total. The predicted molar refractivity (Wildman–Crippen MR) is 111 cm³/mol. The number of nitrogens with one attached hydrogen (secondary N) is 1. The summed E-state index contributed by atoms with van der Waals surface area (Å²) < 4.78 is 10.3. The maximum atomic E-state index is 11.9. The summed E-state index contributed by atoms with van der Waals surface area (Å²) in [5, 5.41) is 3.49. The van der Waals surface area contributed by atoms with Gasteiger partial charge in [-0.3, -0.25) is 4.99 Å². The molecule has 0 bridgehead atoms. The van der Waals surface area contributed by atoms with Crippen molar-refractivity contribution in [1.29, 1.82) is 0 Å². The van der Waals surface area contributed by atoms with E-state index in [0.717, 1.165) is 31.3 Å². The number of benzene rings is 1. The van der Waals surface area contributed by atoms with Crippen LogP contribution in [0.4, 0.5) is 4.79 Å². The van der Waals surface area contributed by atoms with Crippen LogP contribution in [0.15, 0.2) is 29.3 Å². The largest absolute Gasteiger partial charge is 0.497 e. The summed E-state index contributed by atoms with van der Waals surface area (Å²) in [5.74, 6) is 1.70. The number of aliphatic imine (C=N–C) groups is 1. The number of carbonyl (C=O) groups is 1. The van der Waals surface area contributed by atoms with E-state index in [9.17, 15) is 4.79 Å². The fourth-order valence-corrected chi connectivity index (χ4v) is 3.26. The number of methoxy groups -OCH3 is 1. The van der Waals surface area contributed by atoms with E-state index in [0.29, 0.717) is 19.7 Å². The highest BCUT2D eigenvalue weighted by Gasteiger charge is 2.24. The summed E-state index contributed by atoms with van der Waals surface area (Å²) in [5.41, 5.74) is 1.21. The Balaban J connectivity index is 1.93. The summed E-state index contributed by atoms with van der Waals surface area (Å²) in [7, 11) is 7.60. The molecule has 156 valence electrons. The number of carbonyl (C=O) groups excluding carboxylic acids is 1. The molecular formula is C20H33N5O3. The second kappa shape index (κ2) is 10.8. The van der Waals surface area contributed by atoms with Gasteiger partial charge in [-0.1, -0.05) is 12.1 Å². The number of guanidine groups is 1. The minimum atomic E-state index is -0.239. The van der Waals surface area contributed by atoms with Crippen LogP contribution in [-0.2, 0) is 4.74 Å². The van der Waals surface area contributed by atoms with Gasteiger partial charge in [-0.15, -0.1) is 0 Å². The summed E-state index contributed by atoms with van der Waals surface area (Å²) in [6.45, 7) is 5.68. The molecule has 1 saturated heterocycles. The molecule has 8 heteroatoms. The fourth-order valence-electron chi connectivity index (χ4n) is 3.26. The first kappa shape index (κ1) is 21.8. The Morgan fingerprint density at radius 1 is 1.18 bits per heavy atom. The number of ether oxygens (including phenoxy) is 2. The molecule has 1 atom stereocenters. The number of piperazine rings is 1. The Kier molecular flexibility index (Phi) is 8.38. The van der Waals surface area contributed by atoms with Gasteiger partial charge in [-0.2, -0.15) is 0 Å². The molecule has 2 rings (SSSR count). The van der Waals surface area contributed by atoms with Crippen LogP contribution in [0, 0.1) is 0 Å². The van der Waals surface area contributed by atoms with Gasteiger partial charge in [0.2, 0.25) is 0 Å². The highest BCUT2D eigenvalue weighted by Crippen LogP contribution is 2.20. The summed E-state index contributed by atoms with van der Waals surface area (Å²) in [6.07, 6.45) is -0.239. The molecule has 0 spiro atoms. The van der Waals surface area contributed by atoms with Gasteiger partial charge in [0.1, 0.15) is 5.75 Å². The molecule has 1 aliphatic heterocycles. The Morgan fingerprint density at radius 2 is 1.79 bits per heavy atom. The maximum Gasteiger partial charge on any atom is 0.409 e. The van der Waals surface area contributed by atoms with Crippen molar-refractivity contribution in [2.75, 3.05) is 67.6 Å². The second-order valence-corrected chi connectivity index (χ2v) is 6.85. The van der Waals surface area contributed by atoms with E-state index in [-0.39, 0.29) is 12.1 Å². The number of hydrogen-bond donors (Lipinski definition) is 1. The lowest BCUT2D eigenvalue weighted by Crippen LogP contribution is -2.54. The number of hydrogen-bond acceptors (Lipinski definition) is 5. The number of nitrogens with zero attached hydrogens (tertiary/aromatic N) is 4. The van der Waals surface area contributed by atoms with Crippen molar-refractivity contribution in [3.63, 3.8) is 0 Å². The quantitative estimate of drug-likeness (QED) is 0.587. The molecule has 0 aromatic heterocycles. The Hall–Kier alpha value is -2.48. The third-order valence-electron chi connectivity index (χ3n) is 4.89. The molecule has 0 radical (unpaired) electrons. The molecule has 1 heterocycles. The molecule has 0 aliphatic carbocycles. The molecule has 28 heavy (non-hydrogen) atoms. The van der Waals surface area contributed by atoms with E-state index in [2.05, 4.69) is 46.3 Å². The topological polar surface area (TPSA) is 69.6 Å². The van der Waals surface area contributed by atoms with Crippen molar-refractivity contribution >= 4 is 12.1 Å². The van der Waals surface area contributed by atoms with Gasteiger partial charge in [0.15, 0.2) is 5.96 Å². The molecule has 1 unspecified atom stereocenters. The highest BCUT2D eigenvalue weighted by molar-refractivity contribution is 5.80. The molecule has 1 aromatic carbocycles. The van der Waals surface area contributed by atoms with Gasteiger partial charge < -0.3 is 29.5 Å². The van der Waals surface area contributed by atoms with Crippen molar-refractivity contribution < 1.29 is 14.3 Å². The van der Waals surface area contributed by atoms with Gasteiger partial charge >= 0.3 is 6.09 Å². The molecule has 0 saturated carbocycles. The monoisotopic (exact) mass is 391 g/mol. The first-order chi connectivity index (χ1) is 13.5. The number of rotatable bonds is 6. The first-order valence-corrected chi connectivity index (χ1v) is 9.67. The molecule has 1 amide bonds. The fraction of sp³-hybridized carbons (Fsp3) is 0.600. The smallest absolute Gasteiger partial charge is 0.409 e. The maximum absolute atomic E-state index is 11.9. The van der Waals surface area contributed by atoms with Crippen LogP contribution in [0.5, 0.6) is 5.75 Å². The zero-order valence-electron chi connectivity index (χ0n) is 17.6. The number of likely N-dealkylation sites (N-methyl/N-ethyl adjacent to an activating group) is 1. The first-order valence-electron chi connectivity index (χ1n) is 9.67. The van der Waals surface area contributed by atoms with E-state index < -0.39 is 0 Å². The Labute approximate surface area is 168 Å². The minimum Gasteiger partial charge on any atom is -0.497 e. The van der Waals surface area contributed by atoms with Crippen LogP contribution in [0.1, 0.15) is 18.5 Å². The molecule has 1 aliphatic rings. The van der Waals surface area contributed by atoms with Gasteiger partial charge in [-0.05, 0) is 38.7 Å². The van der Waals surface area contributed by atoms with Crippen LogP contribution in [-0.4, -0.2) is 94.3 Å². The van der Waals surface area contributed by atoms with Crippen LogP contribution in [0.3, 0.4) is 0 Å². The van der Waals surface area contributed by atoms with Gasteiger partial charge in [-0.25, -0.2) is 4.79 Å². The normalized spacial score (nSPS) is 16.1. The van der Waals surface area contributed by atoms with Gasteiger partial charge in [0.25, 0.3) is 0 Å². The molecule has 1 fully saturated rings. The lowest BCUT2D eigenvalue weighted by Gasteiger charge is -2.36.